The number of anilines is 1. The molecule has 0 aromatic heterocycles. The van der Waals surface area contributed by atoms with Crippen LogP contribution in [0.4, 0.5) is 5.69 Å². The van der Waals surface area contributed by atoms with Crippen molar-refractivity contribution in [1.29, 1.82) is 0 Å². The minimum absolute atomic E-state index is 0.0533. The second-order valence-electron chi connectivity index (χ2n) is 7.57. The van der Waals surface area contributed by atoms with E-state index in [1.165, 1.54) is 0 Å². The minimum atomic E-state index is -0.540. The van der Waals surface area contributed by atoms with Gasteiger partial charge < -0.3 is 15.5 Å². The normalized spacial score (nSPS) is 21.0. The number of nitrogens with zero attached hydrogens (tertiary/aromatic N) is 1. The third-order valence-electron chi connectivity index (χ3n) is 5.51. The van der Waals surface area contributed by atoms with Gasteiger partial charge in [-0.05, 0) is 43.4 Å². The number of benzene rings is 1. The highest BCUT2D eigenvalue weighted by Crippen LogP contribution is 2.25. The van der Waals surface area contributed by atoms with Crippen LogP contribution in [0.1, 0.15) is 38.5 Å². The molecule has 2 atom stereocenters. The Labute approximate surface area is 170 Å². The molecule has 1 aromatic carbocycles. The number of para-hydroxylation sites is 1. The average molecular weight is 404 g/mol. The third-order valence-corrected chi connectivity index (χ3v) is 6.15. The van der Waals surface area contributed by atoms with Crippen molar-refractivity contribution in [3.05, 3.63) is 30.3 Å². The molecule has 2 N–H and O–H groups in total. The van der Waals surface area contributed by atoms with Gasteiger partial charge in [0.1, 0.15) is 6.04 Å². The molecule has 1 saturated carbocycles. The van der Waals surface area contributed by atoms with Crippen LogP contribution in [0.15, 0.2) is 30.3 Å². The molecule has 0 bridgehead atoms. The first-order valence-corrected chi connectivity index (χ1v) is 11.4. The lowest BCUT2D eigenvalue weighted by Gasteiger charge is -2.22. The molecule has 2 fully saturated rings. The maximum Gasteiger partial charge on any atom is 0.242 e. The Hall–Kier alpha value is -2.02. The number of thioether (sulfide) groups is 1. The molecule has 0 spiro atoms. The van der Waals surface area contributed by atoms with Crippen LogP contribution < -0.4 is 15.5 Å². The first-order chi connectivity index (χ1) is 13.6. The van der Waals surface area contributed by atoms with Gasteiger partial charge >= 0.3 is 0 Å². The predicted octanol–water partition coefficient (Wildman–Crippen LogP) is 2.34. The molecule has 0 unspecified atom stereocenters. The Bertz CT molecular complexity index is 691. The van der Waals surface area contributed by atoms with Crippen molar-refractivity contribution in [3.63, 3.8) is 0 Å². The number of carbonyl (C=O) groups is 3. The molecule has 1 saturated heterocycles. The smallest absolute Gasteiger partial charge is 0.242 e. The number of rotatable bonds is 8. The van der Waals surface area contributed by atoms with E-state index in [1.54, 1.807) is 16.7 Å². The molecule has 28 heavy (non-hydrogen) atoms. The van der Waals surface area contributed by atoms with Gasteiger partial charge in [-0.2, -0.15) is 11.8 Å². The second kappa shape index (κ2) is 9.96. The van der Waals surface area contributed by atoms with Gasteiger partial charge in [0, 0.05) is 24.7 Å². The van der Waals surface area contributed by atoms with Gasteiger partial charge in [0.15, 0.2) is 0 Å². The Balaban J connectivity index is 1.59. The van der Waals surface area contributed by atoms with Crippen molar-refractivity contribution in [1.82, 2.24) is 10.6 Å². The second-order valence-corrected chi connectivity index (χ2v) is 8.56. The molecule has 1 aliphatic carbocycles. The Morgan fingerprint density at radius 3 is 2.61 bits per heavy atom. The number of amides is 3. The van der Waals surface area contributed by atoms with E-state index < -0.39 is 12.0 Å². The first-order valence-electron chi connectivity index (χ1n) is 10.0. The van der Waals surface area contributed by atoms with Crippen LogP contribution in [-0.4, -0.2) is 48.4 Å². The molecule has 3 rings (SSSR count). The number of carbonyl (C=O) groups excluding carboxylic acids is 3. The third kappa shape index (κ3) is 5.28. The molecule has 2 aliphatic rings. The molecule has 1 aromatic rings. The molecule has 0 radical (unpaired) electrons. The van der Waals surface area contributed by atoms with Crippen LogP contribution >= 0.6 is 11.8 Å². The largest absolute Gasteiger partial charge is 0.352 e. The zero-order valence-electron chi connectivity index (χ0n) is 16.4. The standard InChI is InChI=1S/C21H29N3O3S/c1-28-12-11-18(21(27)22-16-7-5-6-8-16)23-20(26)15-13-19(25)24(14-15)17-9-3-2-4-10-17/h2-4,9-10,15-16,18H,5-8,11-14H2,1H3,(H,22,27)(H,23,26)/t15-,18+/m1/s1. The Morgan fingerprint density at radius 1 is 1.21 bits per heavy atom. The van der Waals surface area contributed by atoms with E-state index >= 15 is 0 Å². The van der Waals surface area contributed by atoms with Gasteiger partial charge in [0.05, 0.1) is 5.92 Å². The van der Waals surface area contributed by atoms with Gasteiger partial charge in [0.25, 0.3) is 0 Å². The molecule has 3 amide bonds. The maximum absolute atomic E-state index is 12.8. The summed E-state index contributed by atoms with van der Waals surface area (Å²) in [5.74, 6) is 0.00662. The van der Waals surface area contributed by atoms with Gasteiger partial charge in [-0.3, -0.25) is 14.4 Å². The summed E-state index contributed by atoms with van der Waals surface area (Å²) in [7, 11) is 0. The summed E-state index contributed by atoms with van der Waals surface area (Å²) in [6.45, 7) is 0.355. The van der Waals surface area contributed by atoms with E-state index in [4.69, 9.17) is 0 Å². The van der Waals surface area contributed by atoms with Crippen LogP contribution in [0, 0.1) is 5.92 Å². The molecule has 1 heterocycles. The summed E-state index contributed by atoms with van der Waals surface area (Å²) in [6.07, 6.45) is 7.07. The topological polar surface area (TPSA) is 78.5 Å². The van der Waals surface area contributed by atoms with E-state index in [9.17, 15) is 14.4 Å². The summed E-state index contributed by atoms with van der Waals surface area (Å²) in [6, 6.07) is 9.07. The fraction of sp³-hybridized carbons (Fsp3) is 0.571. The van der Waals surface area contributed by atoms with Crippen molar-refractivity contribution in [2.24, 2.45) is 5.92 Å². The summed E-state index contributed by atoms with van der Waals surface area (Å²) in [5.41, 5.74) is 0.806. The first kappa shape index (κ1) is 20.7. The van der Waals surface area contributed by atoms with E-state index in [1.807, 2.05) is 36.6 Å². The summed E-state index contributed by atoms with van der Waals surface area (Å²) in [5, 5.41) is 6.00. The van der Waals surface area contributed by atoms with Gasteiger partial charge in [-0.15, -0.1) is 0 Å². The van der Waals surface area contributed by atoms with E-state index in [0.717, 1.165) is 37.1 Å². The maximum atomic E-state index is 12.8. The lowest BCUT2D eigenvalue weighted by Crippen LogP contribution is -2.51. The van der Waals surface area contributed by atoms with Gasteiger partial charge in [0.2, 0.25) is 17.7 Å². The molecular weight excluding hydrogens is 374 g/mol. The van der Waals surface area contributed by atoms with Crippen molar-refractivity contribution in [2.45, 2.75) is 50.6 Å². The molecule has 1 aliphatic heterocycles. The Kier molecular flexibility index (Phi) is 7.36. The van der Waals surface area contributed by atoms with Crippen LogP contribution in [0.25, 0.3) is 0 Å². The monoisotopic (exact) mass is 403 g/mol. The molecule has 6 nitrogen and oxygen atoms in total. The number of hydrogen-bond donors (Lipinski definition) is 2. The zero-order chi connectivity index (χ0) is 19.9. The zero-order valence-corrected chi connectivity index (χ0v) is 17.2. The van der Waals surface area contributed by atoms with E-state index in [-0.39, 0.29) is 30.2 Å². The predicted molar refractivity (Wildman–Crippen MR) is 112 cm³/mol. The molecule has 7 heteroatoms. The number of hydrogen-bond acceptors (Lipinski definition) is 4. The number of nitrogens with one attached hydrogen (secondary N) is 2. The van der Waals surface area contributed by atoms with Gasteiger partial charge in [-0.1, -0.05) is 31.0 Å². The summed E-state index contributed by atoms with van der Waals surface area (Å²) in [4.78, 5) is 39.5. The van der Waals surface area contributed by atoms with Crippen LogP contribution in [0.2, 0.25) is 0 Å². The van der Waals surface area contributed by atoms with Crippen molar-refractivity contribution < 1.29 is 14.4 Å². The minimum Gasteiger partial charge on any atom is -0.352 e. The van der Waals surface area contributed by atoms with Crippen molar-refractivity contribution in [3.8, 4) is 0 Å². The lowest BCUT2D eigenvalue weighted by atomic mass is 10.1. The SMILES string of the molecule is CSCC[C@H](NC(=O)[C@@H]1CC(=O)N(c2ccccc2)C1)C(=O)NC1CCCC1. The van der Waals surface area contributed by atoms with E-state index in [0.29, 0.717) is 13.0 Å². The highest BCUT2D eigenvalue weighted by molar-refractivity contribution is 7.98. The summed E-state index contributed by atoms with van der Waals surface area (Å²) >= 11 is 1.65. The molecular formula is C21H29N3O3S. The molecule has 152 valence electrons. The Morgan fingerprint density at radius 2 is 1.93 bits per heavy atom. The lowest BCUT2D eigenvalue weighted by molar-refractivity contribution is -0.131. The highest BCUT2D eigenvalue weighted by Gasteiger charge is 2.36. The average Bonchev–Trinajstić information content (AvgIpc) is 3.35. The van der Waals surface area contributed by atoms with Crippen molar-refractivity contribution >= 4 is 35.2 Å². The fourth-order valence-corrected chi connectivity index (χ4v) is 4.38. The van der Waals surface area contributed by atoms with Gasteiger partial charge in [-0.25, -0.2) is 0 Å². The van der Waals surface area contributed by atoms with Crippen molar-refractivity contribution in [2.75, 3.05) is 23.5 Å². The summed E-state index contributed by atoms with van der Waals surface area (Å²) < 4.78 is 0. The van der Waals surface area contributed by atoms with Crippen LogP contribution in [0.5, 0.6) is 0 Å². The fourth-order valence-electron chi connectivity index (χ4n) is 3.91. The van der Waals surface area contributed by atoms with Crippen LogP contribution in [0.3, 0.4) is 0 Å². The quantitative estimate of drug-likeness (QED) is 0.698. The van der Waals surface area contributed by atoms with Crippen LogP contribution in [-0.2, 0) is 14.4 Å². The van der Waals surface area contributed by atoms with E-state index in [2.05, 4.69) is 10.6 Å². The highest BCUT2D eigenvalue weighted by atomic mass is 32.2.